The normalized spacial score (nSPS) is 12.4. The number of thioether (sulfide) groups is 1. The first-order chi connectivity index (χ1) is 11.3. The number of fused-ring (bicyclic) bond motifs is 1. The molecule has 0 bridgehead atoms. The summed E-state index contributed by atoms with van der Waals surface area (Å²) in [6.07, 6.45) is 1.51. The van der Waals surface area contributed by atoms with Gasteiger partial charge in [0.05, 0.1) is 12.3 Å². The van der Waals surface area contributed by atoms with Gasteiger partial charge in [-0.1, -0.05) is 25.1 Å². The summed E-state index contributed by atoms with van der Waals surface area (Å²) in [4.78, 5) is 9.82. The minimum absolute atomic E-state index is 0.412. The Balaban J connectivity index is 1.69. The number of nitrogens with one attached hydrogen (secondary N) is 1. The van der Waals surface area contributed by atoms with Crippen molar-refractivity contribution in [3.8, 4) is 0 Å². The SMILES string of the molecule is COCc1cc(NCC(C)Sc2ccccc2)n2ncnc2n1. The third kappa shape index (κ3) is 4.00. The first-order valence-electron chi connectivity index (χ1n) is 7.40. The Morgan fingerprint density at radius 1 is 1.30 bits per heavy atom. The van der Waals surface area contributed by atoms with Crippen molar-refractivity contribution < 1.29 is 4.74 Å². The zero-order valence-corrected chi connectivity index (χ0v) is 14.0. The van der Waals surface area contributed by atoms with Gasteiger partial charge in [0.25, 0.3) is 5.78 Å². The van der Waals surface area contributed by atoms with Gasteiger partial charge in [-0.15, -0.1) is 11.8 Å². The van der Waals surface area contributed by atoms with Crippen LogP contribution in [0.5, 0.6) is 0 Å². The second-order valence-corrected chi connectivity index (χ2v) is 6.67. The summed E-state index contributed by atoms with van der Waals surface area (Å²) in [6, 6.07) is 12.3. The Morgan fingerprint density at radius 2 is 2.13 bits per heavy atom. The first-order valence-corrected chi connectivity index (χ1v) is 8.28. The number of rotatable bonds is 7. The van der Waals surface area contributed by atoms with Gasteiger partial charge in [0.1, 0.15) is 12.1 Å². The summed E-state index contributed by atoms with van der Waals surface area (Å²) in [7, 11) is 1.65. The molecule has 0 aliphatic rings. The predicted octanol–water partition coefficient (Wildman–Crippen LogP) is 2.86. The van der Waals surface area contributed by atoms with Crippen molar-refractivity contribution in [1.82, 2.24) is 19.6 Å². The van der Waals surface area contributed by atoms with Crippen LogP contribution in [0.15, 0.2) is 47.6 Å². The number of ether oxygens (including phenoxy) is 1. The van der Waals surface area contributed by atoms with Crippen LogP contribution in [0, 0.1) is 0 Å². The van der Waals surface area contributed by atoms with Crippen LogP contribution in [0.4, 0.5) is 5.82 Å². The minimum Gasteiger partial charge on any atom is -0.378 e. The van der Waals surface area contributed by atoms with Crippen LogP contribution in [0.3, 0.4) is 0 Å². The van der Waals surface area contributed by atoms with Gasteiger partial charge in [-0.2, -0.15) is 14.6 Å². The van der Waals surface area contributed by atoms with Gasteiger partial charge >= 0.3 is 0 Å². The van der Waals surface area contributed by atoms with Crippen LogP contribution in [0.2, 0.25) is 0 Å². The molecule has 2 heterocycles. The van der Waals surface area contributed by atoms with Crippen molar-refractivity contribution in [2.24, 2.45) is 0 Å². The molecule has 0 aliphatic heterocycles. The van der Waals surface area contributed by atoms with Crippen molar-refractivity contribution in [2.75, 3.05) is 19.0 Å². The number of hydrogen-bond donors (Lipinski definition) is 1. The fourth-order valence-electron chi connectivity index (χ4n) is 2.23. The van der Waals surface area contributed by atoms with Gasteiger partial charge in [0.15, 0.2) is 0 Å². The van der Waals surface area contributed by atoms with E-state index in [9.17, 15) is 0 Å². The highest BCUT2D eigenvalue weighted by Crippen LogP contribution is 2.23. The van der Waals surface area contributed by atoms with Gasteiger partial charge in [-0.25, -0.2) is 4.98 Å². The maximum Gasteiger partial charge on any atom is 0.254 e. The van der Waals surface area contributed by atoms with E-state index in [0.717, 1.165) is 18.1 Å². The molecule has 0 spiro atoms. The molecule has 0 radical (unpaired) electrons. The Morgan fingerprint density at radius 3 is 2.91 bits per heavy atom. The van der Waals surface area contributed by atoms with E-state index in [2.05, 4.69) is 51.6 Å². The smallest absolute Gasteiger partial charge is 0.254 e. The molecule has 3 rings (SSSR count). The largest absolute Gasteiger partial charge is 0.378 e. The summed E-state index contributed by atoms with van der Waals surface area (Å²) >= 11 is 1.84. The van der Waals surface area contributed by atoms with E-state index in [4.69, 9.17) is 4.74 Å². The number of anilines is 1. The highest BCUT2D eigenvalue weighted by atomic mass is 32.2. The van der Waals surface area contributed by atoms with E-state index >= 15 is 0 Å². The second kappa shape index (κ2) is 7.43. The van der Waals surface area contributed by atoms with Gasteiger partial charge in [-0.3, -0.25) is 0 Å². The molecule has 3 aromatic rings. The number of nitrogens with zero attached hydrogens (tertiary/aromatic N) is 4. The summed E-state index contributed by atoms with van der Waals surface area (Å²) in [5.74, 6) is 1.45. The van der Waals surface area contributed by atoms with E-state index in [1.807, 2.05) is 23.9 Å². The molecule has 120 valence electrons. The lowest BCUT2D eigenvalue weighted by Gasteiger charge is -2.14. The fourth-order valence-corrected chi connectivity index (χ4v) is 3.18. The fraction of sp³-hybridized carbons (Fsp3) is 0.312. The average Bonchev–Trinajstić information content (AvgIpc) is 3.02. The summed E-state index contributed by atoms with van der Waals surface area (Å²) in [5.41, 5.74) is 0.832. The highest BCUT2D eigenvalue weighted by Gasteiger charge is 2.09. The number of methoxy groups -OCH3 is 1. The topological polar surface area (TPSA) is 64.3 Å². The lowest BCUT2D eigenvalue weighted by Crippen LogP contribution is -2.16. The summed E-state index contributed by atoms with van der Waals surface area (Å²) in [6.45, 7) is 3.46. The summed E-state index contributed by atoms with van der Waals surface area (Å²) < 4.78 is 6.87. The molecule has 2 aromatic heterocycles. The van der Waals surface area contributed by atoms with E-state index in [1.54, 1.807) is 11.6 Å². The van der Waals surface area contributed by atoms with Gasteiger partial charge < -0.3 is 10.1 Å². The lowest BCUT2D eigenvalue weighted by molar-refractivity contribution is 0.181. The zero-order valence-electron chi connectivity index (χ0n) is 13.1. The first kappa shape index (κ1) is 15.8. The molecule has 7 heteroatoms. The Hall–Kier alpha value is -2.12. The number of aromatic nitrogens is 4. The van der Waals surface area contributed by atoms with Crippen molar-refractivity contribution in [1.29, 1.82) is 0 Å². The molecule has 0 aliphatic carbocycles. The number of benzene rings is 1. The molecule has 0 saturated carbocycles. The summed E-state index contributed by atoms with van der Waals surface area (Å²) in [5, 5.41) is 8.06. The third-order valence-corrected chi connectivity index (χ3v) is 4.36. The van der Waals surface area contributed by atoms with Crippen LogP contribution >= 0.6 is 11.8 Å². The van der Waals surface area contributed by atoms with E-state index < -0.39 is 0 Å². The zero-order chi connectivity index (χ0) is 16.1. The van der Waals surface area contributed by atoms with Crippen LogP contribution < -0.4 is 5.32 Å². The molecule has 1 atom stereocenters. The van der Waals surface area contributed by atoms with E-state index in [-0.39, 0.29) is 0 Å². The van der Waals surface area contributed by atoms with E-state index in [0.29, 0.717) is 17.6 Å². The lowest BCUT2D eigenvalue weighted by atomic mass is 10.4. The molecule has 6 nitrogen and oxygen atoms in total. The molecular formula is C16H19N5OS. The molecule has 1 N–H and O–H groups in total. The highest BCUT2D eigenvalue weighted by molar-refractivity contribution is 8.00. The van der Waals surface area contributed by atoms with Crippen molar-refractivity contribution in [3.05, 3.63) is 48.4 Å². The predicted molar refractivity (Wildman–Crippen MR) is 91.7 cm³/mol. The third-order valence-electron chi connectivity index (χ3n) is 3.25. The van der Waals surface area contributed by atoms with Crippen LogP contribution in [0.1, 0.15) is 12.6 Å². The maximum absolute atomic E-state index is 5.16. The van der Waals surface area contributed by atoms with Gasteiger partial charge in [0.2, 0.25) is 0 Å². The molecule has 0 amide bonds. The monoisotopic (exact) mass is 329 g/mol. The Labute approximate surface area is 139 Å². The van der Waals surface area contributed by atoms with Crippen LogP contribution in [-0.2, 0) is 11.3 Å². The molecule has 0 saturated heterocycles. The standard InChI is InChI=1S/C16H19N5OS/c1-12(23-14-6-4-3-5-7-14)9-17-15-8-13(10-22-2)20-16-18-11-19-21(15)16/h3-8,11-12,17H,9-10H2,1-2H3. The van der Waals surface area contributed by atoms with Gasteiger partial charge in [-0.05, 0) is 12.1 Å². The average molecular weight is 329 g/mol. The molecular weight excluding hydrogens is 310 g/mol. The molecule has 1 unspecified atom stereocenters. The Bertz CT molecular complexity index is 762. The quantitative estimate of drug-likeness (QED) is 0.673. The second-order valence-electron chi connectivity index (χ2n) is 5.16. The molecule has 0 fully saturated rings. The maximum atomic E-state index is 5.16. The van der Waals surface area contributed by atoms with Crippen molar-refractivity contribution in [3.63, 3.8) is 0 Å². The van der Waals surface area contributed by atoms with Crippen molar-refractivity contribution >= 4 is 23.4 Å². The van der Waals surface area contributed by atoms with Gasteiger partial charge in [0, 0.05) is 29.9 Å². The number of hydrogen-bond acceptors (Lipinski definition) is 6. The molecule has 1 aromatic carbocycles. The van der Waals surface area contributed by atoms with Crippen LogP contribution in [0.25, 0.3) is 5.78 Å². The van der Waals surface area contributed by atoms with Crippen molar-refractivity contribution in [2.45, 2.75) is 23.7 Å². The Kier molecular flexibility index (Phi) is 5.09. The minimum atomic E-state index is 0.412. The molecule has 23 heavy (non-hydrogen) atoms. The van der Waals surface area contributed by atoms with E-state index in [1.165, 1.54) is 11.2 Å². The van der Waals surface area contributed by atoms with Crippen LogP contribution in [-0.4, -0.2) is 38.5 Å².